The Morgan fingerprint density at radius 2 is 1.81 bits per heavy atom. The van der Waals surface area contributed by atoms with Crippen molar-refractivity contribution in [3.05, 3.63) is 0 Å². The van der Waals surface area contributed by atoms with Crippen LogP contribution in [0.3, 0.4) is 0 Å². The molecule has 0 amide bonds. The van der Waals surface area contributed by atoms with Crippen LogP contribution in [-0.4, -0.2) is 24.8 Å². The van der Waals surface area contributed by atoms with E-state index in [2.05, 4.69) is 0 Å². The van der Waals surface area contributed by atoms with Crippen molar-refractivity contribution < 1.29 is 14.3 Å². The number of carbonyl (C=O) groups excluding carboxylic acids is 1. The van der Waals surface area contributed by atoms with Crippen LogP contribution in [0.4, 0.5) is 0 Å². The SMILES string of the molecule is CCC(C)(C)C(=O)OC(C)CC1CCC(CC2CO2)CC1. The molecule has 2 fully saturated rings. The van der Waals surface area contributed by atoms with E-state index in [1.54, 1.807) is 0 Å². The van der Waals surface area contributed by atoms with Crippen molar-refractivity contribution in [3.63, 3.8) is 0 Å². The molecule has 0 bridgehead atoms. The molecular formula is C18H32O3. The Hall–Kier alpha value is -0.570. The molecule has 122 valence electrons. The van der Waals surface area contributed by atoms with Crippen molar-refractivity contribution in [1.82, 2.24) is 0 Å². The molecule has 2 atom stereocenters. The summed E-state index contributed by atoms with van der Waals surface area (Å²) in [7, 11) is 0. The van der Waals surface area contributed by atoms with Gasteiger partial charge in [0.15, 0.2) is 0 Å². The number of rotatable bonds is 7. The van der Waals surface area contributed by atoms with Gasteiger partial charge in [0.2, 0.25) is 0 Å². The number of hydrogen-bond acceptors (Lipinski definition) is 3. The molecule has 1 aliphatic heterocycles. The van der Waals surface area contributed by atoms with Crippen molar-refractivity contribution in [2.75, 3.05) is 6.61 Å². The molecule has 0 spiro atoms. The second-order valence-corrected chi connectivity index (χ2v) is 7.77. The summed E-state index contributed by atoms with van der Waals surface area (Å²) in [5.41, 5.74) is -0.351. The number of ether oxygens (including phenoxy) is 2. The van der Waals surface area contributed by atoms with E-state index < -0.39 is 0 Å². The maximum Gasteiger partial charge on any atom is 0.311 e. The van der Waals surface area contributed by atoms with Gasteiger partial charge in [-0.3, -0.25) is 4.79 Å². The highest BCUT2D eigenvalue weighted by Gasteiger charge is 2.32. The van der Waals surface area contributed by atoms with Crippen LogP contribution in [0, 0.1) is 17.3 Å². The van der Waals surface area contributed by atoms with E-state index in [9.17, 15) is 4.79 Å². The predicted octanol–water partition coefficient (Wildman–Crippen LogP) is 4.34. The fourth-order valence-electron chi connectivity index (χ4n) is 3.28. The Kier molecular flexibility index (Phi) is 5.70. The van der Waals surface area contributed by atoms with Gasteiger partial charge in [0.05, 0.1) is 24.2 Å². The van der Waals surface area contributed by atoms with Gasteiger partial charge in [-0.05, 0) is 51.9 Å². The zero-order chi connectivity index (χ0) is 15.5. The minimum atomic E-state index is -0.351. The topological polar surface area (TPSA) is 38.8 Å². The Morgan fingerprint density at radius 1 is 1.24 bits per heavy atom. The zero-order valence-electron chi connectivity index (χ0n) is 14.2. The molecule has 0 aromatic heterocycles. The van der Waals surface area contributed by atoms with E-state index in [-0.39, 0.29) is 17.5 Å². The van der Waals surface area contributed by atoms with E-state index in [4.69, 9.17) is 9.47 Å². The second-order valence-electron chi connectivity index (χ2n) is 7.77. The van der Waals surface area contributed by atoms with Crippen LogP contribution in [0.15, 0.2) is 0 Å². The van der Waals surface area contributed by atoms with Crippen LogP contribution >= 0.6 is 0 Å². The molecule has 2 unspecified atom stereocenters. The molecular weight excluding hydrogens is 264 g/mol. The highest BCUT2D eigenvalue weighted by molar-refractivity contribution is 5.75. The summed E-state index contributed by atoms with van der Waals surface area (Å²) in [5.74, 6) is 1.55. The second kappa shape index (κ2) is 7.13. The van der Waals surface area contributed by atoms with E-state index >= 15 is 0 Å². The van der Waals surface area contributed by atoms with Crippen molar-refractivity contribution in [2.24, 2.45) is 17.3 Å². The summed E-state index contributed by atoms with van der Waals surface area (Å²) >= 11 is 0. The lowest BCUT2D eigenvalue weighted by Crippen LogP contribution is -2.30. The number of epoxide rings is 1. The van der Waals surface area contributed by atoms with Crippen LogP contribution in [0.2, 0.25) is 0 Å². The summed E-state index contributed by atoms with van der Waals surface area (Å²) in [6.07, 6.45) is 8.97. The molecule has 1 saturated heterocycles. The Labute approximate surface area is 129 Å². The lowest BCUT2D eigenvalue weighted by molar-refractivity contribution is -0.159. The molecule has 1 aliphatic carbocycles. The van der Waals surface area contributed by atoms with Gasteiger partial charge in [0.1, 0.15) is 0 Å². The molecule has 1 saturated carbocycles. The number of esters is 1. The Bertz CT molecular complexity index is 338. The predicted molar refractivity (Wildman–Crippen MR) is 84.0 cm³/mol. The summed E-state index contributed by atoms with van der Waals surface area (Å²) in [6, 6.07) is 0. The molecule has 1 heterocycles. The van der Waals surface area contributed by atoms with Gasteiger partial charge in [0, 0.05) is 0 Å². The van der Waals surface area contributed by atoms with Gasteiger partial charge in [-0.2, -0.15) is 0 Å². The summed E-state index contributed by atoms with van der Waals surface area (Å²) in [5, 5.41) is 0. The maximum absolute atomic E-state index is 12.1. The lowest BCUT2D eigenvalue weighted by Gasteiger charge is -2.30. The zero-order valence-corrected chi connectivity index (χ0v) is 14.2. The summed E-state index contributed by atoms with van der Waals surface area (Å²) in [6.45, 7) is 9.01. The average Bonchev–Trinajstić information content (AvgIpc) is 3.24. The van der Waals surface area contributed by atoms with Crippen molar-refractivity contribution in [2.45, 2.75) is 84.8 Å². The molecule has 3 nitrogen and oxygen atoms in total. The number of hydrogen-bond donors (Lipinski definition) is 0. The smallest absolute Gasteiger partial charge is 0.311 e. The van der Waals surface area contributed by atoms with E-state index in [0.717, 1.165) is 31.3 Å². The van der Waals surface area contributed by atoms with Gasteiger partial charge >= 0.3 is 5.97 Å². The van der Waals surface area contributed by atoms with E-state index in [1.165, 1.54) is 32.1 Å². The van der Waals surface area contributed by atoms with Crippen LogP contribution in [-0.2, 0) is 14.3 Å². The van der Waals surface area contributed by atoms with E-state index in [0.29, 0.717) is 6.10 Å². The third-order valence-corrected chi connectivity index (χ3v) is 5.37. The van der Waals surface area contributed by atoms with Gasteiger partial charge in [-0.1, -0.05) is 32.6 Å². The standard InChI is InChI=1S/C18H32O3/c1-5-18(3,4)17(19)21-13(2)10-14-6-8-15(9-7-14)11-16-12-20-16/h13-16H,5-12H2,1-4H3. The van der Waals surface area contributed by atoms with Gasteiger partial charge in [-0.15, -0.1) is 0 Å². The first-order chi connectivity index (χ1) is 9.90. The molecule has 0 aromatic carbocycles. The minimum Gasteiger partial charge on any atom is -0.462 e. The molecule has 2 aliphatic rings. The fourth-order valence-corrected chi connectivity index (χ4v) is 3.28. The van der Waals surface area contributed by atoms with E-state index in [1.807, 2.05) is 27.7 Å². The van der Waals surface area contributed by atoms with Gasteiger partial charge in [0.25, 0.3) is 0 Å². The largest absolute Gasteiger partial charge is 0.462 e. The molecule has 0 aromatic rings. The minimum absolute atomic E-state index is 0.0444. The van der Waals surface area contributed by atoms with Crippen molar-refractivity contribution in [3.8, 4) is 0 Å². The fraction of sp³-hybridized carbons (Fsp3) is 0.944. The lowest BCUT2D eigenvalue weighted by atomic mass is 9.78. The highest BCUT2D eigenvalue weighted by Crippen LogP contribution is 2.36. The van der Waals surface area contributed by atoms with Crippen LogP contribution in [0.5, 0.6) is 0 Å². The average molecular weight is 296 g/mol. The third-order valence-electron chi connectivity index (χ3n) is 5.37. The van der Waals surface area contributed by atoms with Crippen LogP contribution < -0.4 is 0 Å². The summed E-state index contributed by atoms with van der Waals surface area (Å²) < 4.78 is 11.0. The molecule has 3 heteroatoms. The number of carbonyl (C=O) groups is 1. The first-order valence-corrected chi connectivity index (χ1v) is 8.73. The molecule has 21 heavy (non-hydrogen) atoms. The van der Waals surface area contributed by atoms with Gasteiger partial charge in [-0.25, -0.2) is 0 Å². The Morgan fingerprint density at radius 3 is 2.33 bits per heavy atom. The quantitative estimate of drug-likeness (QED) is 0.518. The van der Waals surface area contributed by atoms with Gasteiger partial charge < -0.3 is 9.47 Å². The molecule has 2 rings (SSSR count). The van der Waals surface area contributed by atoms with Crippen LogP contribution in [0.1, 0.15) is 72.6 Å². The van der Waals surface area contributed by atoms with Crippen LogP contribution in [0.25, 0.3) is 0 Å². The third kappa shape index (κ3) is 5.28. The monoisotopic (exact) mass is 296 g/mol. The van der Waals surface area contributed by atoms with Crippen molar-refractivity contribution >= 4 is 5.97 Å². The maximum atomic E-state index is 12.1. The first kappa shape index (κ1) is 16.8. The molecule has 0 radical (unpaired) electrons. The van der Waals surface area contributed by atoms with Crippen molar-refractivity contribution in [1.29, 1.82) is 0 Å². The first-order valence-electron chi connectivity index (χ1n) is 8.73. The normalized spacial score (nSPS) is 30.8. The molecule has 0 N–H and O–H groups in total. The highest BCUT2D eigenvalue weighted by atomic mass is 16.6. The summed E-state index contributed by atoms with van der Waals surface area (Å²) in [4.78, 5) is 12.1. The Balaban J connectivity index is 1.66.